The summed E-state index contributed by atoms with van der Waals surface area (Å²) < 4.78 is 28.2. The van der Waals surface area contributed by atoms with Crippen molar-refractivity contribution in [2.45, 2.75) is 44.6 Å². The van der Waals surface area contributed by atoms with E-state index in [9.17, 15) is 13.6 Å². The molecule has 3 nitrogen and oxygen atoms in total. The van der Waals surface area contributed by atoms with Gasteiger partial charge in [-0.05, 0) is 43.7 Å². The van der Waals surface area contributed by atoms with Crippen molar-refractivity contribution in [3.05, 3.63) is 29.3 Å². The molecule has 2 atom stereocenters. The molecule has 1 N–H and O–H groups in total. The van der Waals surface area contributed by atoms with E-state index in [1.54, 1.807) is 0 Å². The molecule has 1 aliphatic carbocycles. The van der Waals surface area contributed by atoms with Crippen LogP contribution in [-0.2, 0) is 0 Å². The largest absolute Gasteiger partial charge is 0.478 e. The Balaban J connectivity index is 1.95. The topological polar surface area (TPSA) is 40.5 Å². The van der Waals surface area contributed by atoms with Crippen molar-refractivity contribution in [2.24, 2.45) is 5.92 Å². The lowest BCUT2D eigenvalue weighted by atomic mass is 9.78. The molecule has 21 heavy (non-hydrogen) atoms. The van der Waals surface area contributed by atoms with E-state index in [0.717, 1.165) is 32.1 Å². The number of anilines is 1. The summed E-state index contributed by atoms with van der Waals surface area (Å²) in [4.78, 5) is 12.8. The van der Waals surface area contributed by atoms with Crippen molar-refractivity contribution in [2.75, 3.05) is 11.4 Å². The third-order valence-corrected chi connectivity index (χ3v) is 4.84. The molecule has 3 rings (SSSR count). The monoisotopic (exact) mass is 295 g/mol. The lowest BCUT2D eigenvalue weighted by Gasteiger charge is -2.45. The third kappa shape index (κ3) is 2.49. The normalized spacial score (nSPS) is 25.5. The Hall–Kier alpha value is -1.65. The molecule has 2 fully saturated rings. The van der Waals surface area contributed by atoms with Gasteiger partial charge in [0.15, 0.2) is 11.6 Å². The highest BCUT2D eigenvalue weighted by molar-refractivity contribution is 5.88. The number of hydrogen-bond acceptors (Lipinski definition) is 2. The van der Waals surface area contributed by atoms with Gasteiger partial charge in [0, 0.05) is 12.6 Å². The van der Waals surface area contributed by atoms with E-state index in [4.69, 9.17) is 5.11 Å². The molecule has 1 saturated heterocycles. The molecule has 0 bridgehead atoms. The van der Waals surface area contributed by atoms with Gasteiger partial charge in [-0.25, -0.2) is 13.6 Å². The minimum Gasteiger partial charge on any atom is -0.478 e. The summed E-state index contributed by atoms with van der Waals surface area (Å²) in [6.07, 6.45) is 6.62. The summed E-state index contributed by atoms with van der Waals surface area (Å²) in [5.41, 5.74) is -0.387. The van der Waals surface area contributed by atoms with E-state index in [1.165, 1.54) is 18.6 Å². The zero-order valence-electron chi connectivity index (χ0n) is 11.8. The summed E-state index contributed by atoms with van der Waals surface area (Å²) in [5.74, 6) is -3.17. The Kier molecular flexibility index (Phi) is 3.83. The van der Waals surface area contributed by atoms with Crippen LogP contribution >= 0.6 is 0 Å². The van der Waals surface area contributed by atoms with Crippen molar-refractivity contribution in [3.63, 3.8) is 0 Å². The molecule has 2 unspecified atom stereocenters. The van der Waals surface area contributed by atoms with Crippen molar-refractivity contribution in [1.82, 2.24) is 0 Å². The van der Waals surface area contributed by atoms with Crippen LogP contribution in [0.3, 0.4) is 0 Å². The van der Waals surface area contributed by atoms with Crippen molar-refractivity contribution in [1.29, 1.82) is 0 Å². The quantitative estimate of drug-likeness (QED) is 0.901. The van der Waals surface area contributed by atoms with E-state index in [2.05, 4.69) is 0 Å². The van der Waals surface area contributed by atoms with E-state index in [1.807, 2.05) is 4.90 Å². The molecule has 1 saturated carbocycles. The SMILES string of the molecule is O=C(O)c1ccc(N2CCCC3CCCCC32)c(F)c1F. The van der Waals surface area contributed by atoms with Crippen LogP contribution < -0.4 is 4.90 Å². The first-order chi connectivity index (χ1) is 10.1. The number of carbonyl (C=O) groups is 1. The minimum absolute atomic E-state index is 0.217. The molecule has 1 aromatic rings. The van der Waals surface area contributed by atoms with Crippen molar-refractivity contribution >= 4 is 11.7 Å². The standard InChI is InChI=1S/C16H19F2NO2/c17-14-11(16(20)21)7-8-13(15(14)18)19-9-3-5-10-4-1-2-6-12(10)19/h7-8,10,12H,1-6,9H2,(H,20,21). The molecule has 114 valence electrons. The summed E-state index contributed by atoms with van der Waals surface area (Å²) >= 11 is 0. The number of hydrogen-bond donors (Lipinski definition) is 1. The zero-order chi connectivity index (χ0) is 15.0. The van der Waals surface area contributed by atoms with Crippen LogP contribution in [0.15, 0.2) is 12.1 Å². The average Bonchev–Trinajstić information content (AvgIpc) is 2.49. The number of piperidine rings is 1. The molecule has 0 radical (unpaired) electrons. The third-order valence-electron chi connectivity index (χ3n) is 4.84. The summed E-state index contributed by atoms with van der Waals surface area (Å²) in [6, 6.07) is 2.85. The van der Waals surface area contributed by atoms with E-state index in [-0.39, 0.29) is 11.7 Å². The predicted molar refractivity (Wildman–Crippen MR) is 75.6 cm³/mol. The maximum Gasteiger partial charge on any atom is 0.338 e. The van der Waals surface area contributed by atoms with Crippen molar-refractivity contribution < 1.29 is 18.7 Å². The van der Waals surface area contributed by atoms with Crippen LogP contribution in [0, 0.1) is 17.6 Å². The van der Waals surface area contributed by atoms with E-state index < -0.39 is 23.2 Å². The second-order valence-corrected chi connectivity index (χ2v) is 6.01. The predicted octanol–water partition coefficient (Wildman–Crippen LogP) is 3.82. The first-order valence-electron chi connectivity index (χ1n) is 7.57. The maximum absolute atomic E-state index is 14.3. The highest BCUT2D eigenvalue weighted by Gasteiger charge is 2.35. The molecule has 1 aromatic carbocycles. The number of carboxylic acids is 1. The highest BCUT2D eigenvalue weighted by atomic mass is 19.2. The van der Waals surface area contributed by atoms with Crippen molar-refractivity contribution in [3.8, 4) is 0 Å². The van der Waals surface area contributed by atoms with Gasteiger partial charge in [0.2, 0.25) is 0 Å². The summed E-state index contributed by atoms with van der Waals surface area (Å²) in [5, 5.41) is 8.86. The molecule has 0 amide bonds. The lowest BCUT2D eigenvalue weighted by Crippen LogP contribution is -2.47. The van der Waals surface area contributed by atoms with Gasteiger partial charge in [-0.15, -0.1) is 0 Å². The van der Waals surface area contributed by atoms with Crippen LogP contribution in [0.1, 0.15) is 48.9 Å². The molecular formula is C16H19F2NO2. The number of nitrogens with zero attached hydrogens (tertiary/aromatic N) is 1. The minimum atomic E-state index is -1.44. The Morgan fingerprint density at radius 2 is 1.81 bits per heavy atom. The lowest BCUT2D eigenvalue weighted by molar-refractivity contribution is 0.0690. The van der Waals surface area contributed by atoms with Gasteiger partial charge in [-0.3, -0.25) is 0 Å². The van der Waals surface area contributed by atoms with Gasteiger partial charge in [0.25, 0.3) is 0 Å². The van der Waals surface area contributed by atoms with E-state index in [0.29, 0.717) is 12.5 Å². The van der Waals surface area contributed by atoms with Gasteiger partial charge in [-0.1, -0.05) is 12.8 Å². The fourth-order valence-electron chi connectivity index (χ4n) is 3.85. The average molecular weight is 295 g/mol. The molecule has 5 heteroatoms. The summed E-state index contributed by atoms with van der Waals surface area (Å²) in [7, 11) is 0. The molecule has 1 aliphatic heterocycles. The van der Waals surface area contributed by atoms with Gasteiger partial charge < -0.3 is 10.0 Å². The Labute approximate surface area is 122 Å². The molecule has 1 heterocycles. The number of rotatable bonds is 2. The van der Waals surface area contributed by atoms with Crippen LogP contribution in [-0.4, -0.2) is 23.7 Å². The fraction of sp³-hybridized carbons (Fsp3) is 0.562. The first-order valence-corrected chi connectivity index (χ1v) is 7.57. The van der Waals surface area contributed by atoms with Crippen LogP contribution in [0.5, 0.6) is 0 Å². The molecule has 2 aliphatic rings. The Bertz CT molecular complexity index is 559. The van der Waals surface area contributed by atoms with Crippen LogP contribution in [0.25, 0.3) is 0 Å². The van der Waals surface area contributed by atoms with Crippen LogP contribution in [0.4, 0.5) is 14.5 Å². The number of halogens is 2. The van der Waals surface area contributed by atoms with Crippen LogP contribution in [0.2, 0.25) is 0 Å². The smallest absolute Gasteiger partial charge is 0.338 e. The Morgan fingerprint density at radius 1 is 1.10 bits per heavy atom. The molecule has 0 aromatic heterocycles. The van der Waals surface area contributed by atoms with Gasteiger partial charge in [0.05, 0.1) is 11.3 Å². The second kappa shape index (κ2) is 5.62. The number of fused-ring (bicyclic) bond motifs is 1. The fourth-order valence-corrected chi connectivity index (χ4v) is 3.85. The zero-order valence-corrected chi connectivity index (χ0v) is 11.8. The Morgan fingerprint density at radius 3 is 2.57 bits per heavy atom. The van der Waals surface area contributed by atoms with Gasteiger partial charge in [-0.2, -0.15) is 0 Å². The maximum atomic E-state index is 14.3. The van der Waals surface area contributed by atoms with Gasteiger partial charge in [0.1, 0.15) is 0 Å². The number of aromatic carboxylic acids is 1. The first kappa shape index (κ1) is 14.3. The second-order valence-electron chi connectivity index (χ2n) is 6.01. The highest BCUT2D eigenvalue weighted by Crippen LogP contribution is 2.39. The van der Waals surface area contributed by atoms with E-state index >= 15 is 0 Å². The molecule has 0 spiro atoms. The number of benzene rings is 1. The summed E-state index contributed by atoms with van der Waals surface area (Å²) in [6.45, 7) is 0.712. The molecular weight excluding hydrogens is 276 g/mol. The number of carboxylic acid groups (broad SMARTS) is 1. The van der Waals surface area contributed by atoms with Gasteiger partial charge >= 0.3 is 5.97 Å².